The molecule has 0 unspecified atom stereocenters. The maximum Gasteiger partial charge on any atom is 0.363 e. The molecule has 2 aromatic carbocycles. The van der Waals surface area contributed by atoms with Crippen molar-refractivity contribution in [2.24, 2.45) is 4.99 Å². The number of benzene rings is 2. The molecule has 0 fully saturated rings. The Kier molecular flexibility index (Phi) is 4.70. The predicted octanol–water partition coefficient (Wildman–Crippen LogP) is 3.35. The van der Waals surface area contributed by atoms with Gasteiger partial charge in [0.05, 0.1) is 12.2 Å². The number of hydrogen-bond donors (Lipinski definition) is 0. The highest BCUT2D eigenvalue weighted by Crippen LogP contribution is 2.19. The van der Waals surface area contributed by atoms with Crippen molar-refractivity contribution in [3.05, 3.63) is 76.7 Å². The summed E-state index contributed by atoms with van der Waals surface area (Å²) < 4.78 is 23.0. The molecular formula is C19H14FNO4. The zero-order chi connectivity index (χ0) is 17.8. The average Bonchev–Trinajstić information content (AvgIpc) is 2.97. The maximum absolute atomic E-state index is 13.0. The second-order valence-electron chi connectivity index (χ2n) is 5.19. The monoisotopic (exact) mass is 339 g/mol. The van der Waals surface area contributed by atoms with Gasteiger partial charge in [0.15, 0.2) is 5.70 Å². The van der Waals surface area contributed by atoms with Crippen LogP contribution in [0.3, 0.4) is 0 Å². The highest BCUT2D eigenvalue weighted by Gasteiger charge is 2.24. The van der Waals surface area contributed by atoms with Gasteiger partial charge in [0.1, 0.15) is 5.82 Å². The number of carbonyl (C=O) groups is 2. The summed E-state index contributed by atoms with van der Waals surface area (Å²) in [4.78, 5) is 27.7. The Labute approximate surface area is 143 Å². The summed E-state index contributed by atoms with van der Waals surface area (Å²) in [6.45, 7) is 2.04. The van der Waals surface area contributed by atoms with Crippen LogP contribution in [0.5, 0.6) is 0 Å². The van der Waals surface area contributed by atoms with Crippen LogP contribution in [0.2, 0.25) is 0 Å². The lowest BCUT2D eigenvalue weighted by atomic mass is 10.1. The Balaban J connectivity index is 1.82. The van der Waals surface area contributed by atoms with E-state index in [4.69, 9.17) is 9.47 Å². The number of ether oxygens (including phenoxy) is 2. The highest BCUT2D eigenvalue weighted by molar-refractivity contribution is 6.12. The van der Waals surface area contributed by atoms with Gasteiger partial charge in [-0.1, -0.05) is 12.1 Å². The van der Waals surface area contributed by atoms with E-state index >= 15 is 0 Å². The van der Waals surface area contributed by atoms with Gasteiger partial charge in [-0.15, -0.1) is 0 Å². The molecule has 0 amide bonds. The molecule has 1 aliphatic rings. The Morgan fingerprint density at radius 3 is 2.48 bits per heavy atom. The zero-order valence-electron chi connectivity index (χ0n) is 13.4. The lowest BCUT2D eigenvalue weighted by molar-refractivity contribution is -0.129. The molecule has 0 radical (unpaired) electrons. The minimum absolute atomic E-state index is 0.124. The van der Waals surface area contributed by atoms with Crippen LogP contribution in [0.15, 0.2) is 59.2 Å². The molecule has 1 heterocycles. The van der Waals surface area contributed by atoms with Crippen molar-refractivity contribution in [3.63, 3.8) is 0 Å². The number of carbonyl (C=O) groups excluding carboxylic acids is 2. The number of cyclic esters (lactones) is 1. The topological polar surface area (TPSA) is 65.0 Å². The number of nitrogens with zero attached hydrogens (tertiary/aromatic N) is 1. The third-order valence-electron chi connectivity index (χ3n) is 3.44. The first kappa shape index (κ1) is 16.6. The van der Waals surface area contributed by atoms with E-state index in [1.165, 1.54) is 24.3 Å². The summed E-state index contributed by atoms with van der Waals surface area (Å²) in [5, 5.41) is 0. The summed E-state index contributed by atoms with van der Waals surface area (Å²) in [6.07, 6.45) is 1.55. The molecular weight excluding hydrogens is 325 g/mol. The average molecular weight is 339 g/mol. The largest absolute Gasteiger partial charge is 0.462 e. The Bertz CT molecular complexity index is 867. The fourth-order valence-electron chi connectivity index (χ4n) is 2.21. The van der Waals surface area contributed by atoms with Gasteiger partial charge >= 0.3 is 11.9 Å². The molecule has 0 aliphatic carbocycles. The maximum atomic E-state index is 13.0. The molecule has 2 aromatic rings. The van der Waals surface area contributed by atoms with Crippen molar-refractivity contribution in [3.8, 4) is 0 Å². The van der Waals surface area contributed by atoms with Gasteiger partial charge in [0, 0.05) is 5.56 Å². The van der Waals surface area contributed by atoms with Gasteiger partial charge in [0.25, 0.3) is 0 Å². The van der Waals surface area contributed by atoms with Gasteiger partial charge < -0.3 is 9.47 Å². The third kappa shape index (κ3) is 3.80. The van der Waals surface area contributed by atoms with E-state index in [1.807, 2.05) is 0 Å². The normalized spacial score (nSPS) is 15.0. The van der Waals surface area contributed by atoms with E-state index in [-0.39, 0.29) is 17.4 Å². The Morgan fingerprint density at radius 1 is 1.16 bits per heavy atom. The van der Waals surface area contributed by atoms with Crippen LogP contribution in [0.1, 0.15) is 28.4 Å². The fourth-order valence-corrected chi connectivity index (χ4v) is 2.21. The number of hydrogen-bond acceptors (Lipinski definition) is 5. The van der Waals surface area contributed by atoms with E-state index in [2.05, 4.69) is 4.99 Å². The molecule has 0 N–H and O–H groups in total. The van der Waals surface area contributed by atoms with Gasteiger partial charge in [-0.2, -0.15) is 0 Å². The van der Waals surface area contributed by atoms with Gasteiger partial charge in [-0.05, 0) is 55.0 Å². The van der Waals surface area contributed by atoms with Crippen LogP contribution in [-0.2, 0) is 14.3 Å². The zero-order valence-corrected chi connectivity index (χ0v) is 13.4. The van der Waals surface area contributed by atoms with E-state index in [1.54, 1.807) is 37.3 Å². The van der Waals surface area contributed by atoms with Crippen molar-refractivity contribution in [1.82, 2.24) is 0 Å². The summed E-state index contributed by atoms with van der Waals surface area (Å²) in [6, 6.07) is 12.1. The smallest absolute Gasteiger partial charge is 0.363 e. The molecule has 126 valence electrons. The van der Waals surface area contributed by atoms with Crippen molar-refractivity contribution in [1.29, 1.82) is 0 Å². The van der Waals surface area contributed by atoms with Gasteiger partial charge in [-0.25, -0.2) is 19.0 Å². The van der Waals surface area contributed by atoms with Crippen LogP contribution in [0.4, 0.5) is 4.39 Å². The Morgan fingerprint density at radius 2 is 1.84 bits per heavy atom. The quantitative estimate of drug-likeness (QED) is 0.633. The molecule has 5 nitrogen and oxygen atoms in total. The van der Waals surface area contributed by atoms with E-state index < -0.39 is 11.9 Å². The first-order chi connectivity index (χ1) is 12.1. The van der Waals surface area contributed by atoms with Crippen LogP contribution >= 0.6 is 0 Å². The molecule has 25 heavy (non-hydrogen) atoms. The standard InChI is InChI=1S/C19H14FNO4/c1-2-24-18(22)14-5-3-12(4-6-14)11-16-19(23)25-17(21-16)13-7-9-15(20)10-8-13/h3-11H,2H2,1H3/b16-11-. The van der Waals surface area contributed by atoms with Crippen molar-refractivity contribution >= 4 is 23.9 Å². The predicted molar refractivity (Wildman–Crippen MR) is 89.4 cm³/mol. The molecule has 1 aliphatic heterocycles. The van der Waals surface area contributed by atoms with Crippen molar-refractivity contribution < 1.29 is 23.5 Å². The van der Waals surface area contributed by atoms with Crippen LogP contribution in [-0.4, -0.2) is 24.4 Å². The Hall–Kier alpha value is -3.28. The van der Waals surface area contributed by atoms with E-state index in [0.717, 1.165) is 0 Å². The highest BCUT2D eigenvalue weighted by atomic mass is 19.1. The van der Waals surface area contributed by atoms with Gasteiger partial charge in [0.2, 0.25) is 5.90 Å². The third-order valence-corrected chi connectivity index (χ3v) is 3.44. The molecule has 0 saturated carbocycles. The van der Waals surface area contributed by atoms with Crippen LogP contribution in [0, 0.1) is 5.82 Å². The number of esters is 2. The second kappa shape index (κ2) is 7.09. The van der Waals surface area contributed by atoms with E-state index in [0.29, 0.717) is 23.3 Å². The van der Waals surface area contributed by atoms with Crippen LogP contribution < -0.4 is 0 Å². The lowest BCUT2D eigenvalue weighted by Crippen LogP contribution is -2.05. The molecule has 0 saturated heterocycles. The lowest BCUT2D eigenvalue weighted by Gasteiger charge is -2.01. The summed E-state index contributed by atoms with van der Waals surface area (Å²) in [5.74, 6) is -1.25. The number of rotatable bonds is 4. The SMILES string of the molecule is CCOC(=O)c1ccc(/C=C2\N=C(c3ccc(F)cc3)OC2=O)cc1. The minimum Gasteiger partial charge on any atom is -0.462 e. The van der Waals surface area contributed by atoms with Crippen molar-refractivity contribution in [2.45, 2.75) is 6.92 Å². The first-order valence-electron chi connectivity index (χ1n) is 7.62. The molecule has 0 bridgehead atoms. The van der Waals surface area contributed by atoms with Gasteiger partial charge in [-0.3, -0.25) is 0 Å². The van der Waals surface area contributed by atoms with Crippen LogP contribution in [0.25, 0.3) is 6.08 Å². The molecule has 6 heteroatoms. The summed E-state index contributed by atoms with van der Waals surface area (Å²) in [7, 11) is 0. The van der Waals surface area contributed by atoms with Crippen molar-refractivity contribution in [2.75, 3.05) is 6.61 Å². The molecule has 3 rings (SSSR count). The first-order valence-corrected chi connectivity index (χ1v) is 7.62. The number of aliphatic imine (C=N–C) groups is 1. The second-order valence-corrected chi connectivity index (χ2v) is 5.19. The minimum atomic E-state index is -0.589. The summed E-state index contributed by atoms with van der Waals surface area (Å²) >= 11 is 0. The molecule has 0 spiro atoms. The number of halogens is 1. The summed E-state index contributed by atoms with van der Waals surface area (Å²) in [5.41, 5.74) is 1.75. The fraction of sp³-hybridized carbons (Fsp3) is 0.105. The molecule has 0 aromatic heterocycles. The van der Waals surface area contributed by atoms with E-state index in [9.17, 15) is 14.0 Å². The molecule has 0 atom stereocenters.